The number of aryl methyl sites for hydroxylation is 2. The number of halogens is 1. The Morgan fingerprint density at radius 2 is 2.33 bits per heavy atom. The van der Waals surface area contributed by atoms with Crippen molar-refractivity contribution in [1.82, 2.24) is 15.1 Å². The van der Waals surface area contributed by atoms with Crippen molar-refractivity contribution in [3.05, 3.63) is 38.3 Å². The normalized spacial score (nSPS) is 10.6. The average molecular weight is 328 g/mol. The monoisotopic (exact) mass is 327 g/mol. The van der Waals surface area contributed by atoms with E-state index in [9.17, 15) is 4.79 Å². The first-order valence-electron chi connectivity index (χ1n) is 5.65. The van der Waals surface area contributed by atoms with Crippen LogP contribution in [-0.2, 0) is 20.0 Å². The minimum absolute atomic E-state index is 0.0448. The number of rotatable bonds is 4. The van der Waals surface area contributed by atoms with Crippen LogP contribution in [0.2, 0.25) is 0 Å². The summed E-state index contributed by atoms with van der Waals surface area (Å²) in [5, 5.41) is 7.26. The first-order chi connectivity index (χ1) is 8.60. The Morgan fingerprint density at radius 1 is 1.56 bits per heavy atom. The number of hydrogen-bond donors (Lipinski definition) is 1. The highest BCUT2D eigenvalue weighted by molar-refractivity contribution is 9.11. The van der Waals surface area contributed by atoms with Crippen LogP contribution in [0.4, 0.5) is 0 Å². The molecule has 2 aromatic rings. The molecule has 18 heavy (non-hydrogen) atoms. The molecule has 0 aliphatic carbocycles. The second-order valence-electron chi connectivity index (χ2n) is 3.91. The van der Waals surface area contributed by atoms with Gasteiger partial charge in [-0.2, -0.15) is 5.10 Å². The molecule has 96 valence electrons. The van der Waals surface area contributed by atoms with Crippen molar-refractivity contribution in [3.63, 3.8) is 0 Å². The molecule has 0 aliphatic heterocycles. The van der Waals surface area contributed by atoms with Crippen LogP contribution in [0.15, 0.2) is 22.1 Å². The molecule has 2 rings (SSSR count). The summed E-state index contributed by atoms with van der Waals surface area (Å²) in [4.78, 5) is 12.6. The third kappa shape index (κ3) is 3.00. The SMILES string of the molecule is CCc1nn(C)cc1CNC(=O)c1ccc(Br)s1. The molecule has 0 aliphatic rings. The summed E-state index contributed by atoms with van der Waals surface area (Å²) in [6.45, 7) is 2.58. The van der Waals surface area contributed by atoms with E-state index in [-0.39, 0.29) is 5.91 Å². The second kappa shape index (κ2) is 5.67. The Hall–Kier alpha value is -1.14. The van der Waals surface area contributed by atoms with E-state index < -0.39 is 0 Å². The van der Waals surface area contributed by atoms with Gasteiger partial charge in [-0.3, -0.25) is 9.48 Å². The van der Waals surface area contributed by atoms with Crippen LogP contribution >= 0.6 is 27.3 Å². The van der Waals surface area contributed by atoms with Crippen molar-refractivity contribution in [1.29, 1.82) is 0 Å². The van der Waals surface area contributed by atoms with Crippen LogP contribution in [0, 0.1) is 0 Å². The third-order valence-electron chi connectivity index (χ3n) is 2.56. The van der Waals surface area contributed by atoms with E-state index in [1.807, 2.05) is 25.4 Å². The molecule has 0 radical (unpaired) electrons. The Labute approximate surface area is 118 Å². The lowest BCUT2D eigenvalue weighted by Crippen LogP contribution is -2.22. The molecule has 0 spiro atoms. The van der Waals surface area contributed by atoms with E-state index in [0.29, 0.717) is 11.4 Å². The zero-order chi connectivity index (χ0) is 13.1. The molecule has 0 fully saturated rings. The lowest BCUT2D eigenvalue weighted by Gasteiger charge is -2.02. The molecule has 1 N–H and O–H groups in total. The van der Waals surface area contributed by atoms with Gasteiger partial charge in [0.2, 0.25) is 0 Å². The largest absolute Gasteiger partial charge is 0.347 e. The van der Waals surface area contributed by atoms with Crippen molar-refractivity contribution >= 4 is 33.2 Å². The van der Waals surface area contributed by atoms with Gasteiger partial charge >= 0.3 is 0 Å². The molecule has 0 aromatic carbocycles. The lowest BCUT2D eigenvalue weighted by molar-refractivity contribution is 0.0955. The van der Waals surface area contributed by atoms with Crippen molar-refractivity contribution in [2.45, 2.75) is 19.9 Å². The van der Waals surface area contributed by atoms with Crippen molar-refractivity contribution in [3.8, 4) is 0 Å². The minimum Gasteiger partial charge on any atom is -0.347 e. The summed E-state index contributed by atoms with van der Waals surface area (Å²) < 4.78 is 2.74. The van der Waals surface area contributed by atoms with Crippen molar-refractivity contribution < 1.29 is 4.79 Å². The standard InChI is InChI=1S/C12H14BrN3OS/c1-3-9-8(7-16(2)15-9)6-14-12(17)10-4-5-11(13)18-10/h4-5,7H,3,6H2,1-2H3,(H,14,17). The maximum Gasteiger partial charge on any atom is 0.261 e. The van der Waals surface area contributed by atoms with Gasteiger partial charge in [0.1, 0.15) is 0 Å². The Morgan fingerprint density at radius 3 is 2.94 bits per heavy atom. The Kier molecular flexibility index (Phi) is 4.19. The van der Waals surface area contributed by atoms with Crippen LogP contribution < -0.4 is 5.32 Å². The predicted molar refractivity (Wildman–Crippen MR) is 75.8 cm³/mol. The molecule has 0 unspecified atom stereocenters. The highest BCUT2D eigenvalue weighted by Crippen LogP contribution is 2.21. The van der Waals surface area contributed by atoms with E-state index >= 15 is 0 Å². The summed E-state index contributed by atoms with van der Waals surface area (Å²) in [7, 11) is 1.89. The number of carbonyl (C=O) groups excluding carboxylic acids is 1. The highest BCUT2D eigenvalue weighted by Gasteiger charge is 2.10. The van der Waals surface area contributed by atoms with Crippen LogP contribution in [0.5, 0.6) is 0 Å². The van der Waals surface area contributed by atoms with Crippen LogP contribution in [0.25, 0.3) is 0 Å². The molecular formula is C12H14BrN3OS. The van der Waals surface area contributed by atoms with Gasteiger partial charge in [0, 0.05) is 25.4 Å². The third-order valence-corrected chi connectivity index (χ3v) is 4.19. The average Bonchev–Trinajstić information content (AvgIpc) is 2.92. The number of carbonyl (C=O) groups is 1. The molecule has 0 saturated carbocycles. The molecule has 1 amide bonds. The number of thiophene rings is 1. The predicted octanol–water partition coefficient (Wildman–Crippen LogP) is 2.74. The summed E-state index contributed by atoms with van der Waals surface area (Å²) in [5.41, 5.74) is 2.11. The first kappa shape index (κ1) is 13.3. The van der Waals surface area contributed by atoms with E-state index in [1.165, 1.54) is 11.3 Å². The maximum absolute atomic E-state index is 11.9. The summed E-state index contributed by atoms with van der Waals surface area (Å²) in [6, 6.07) is 3.69. The van der Waals surface area contributed by atoms with E-state index in [4.69, 9.17) is 0 Å². The smallest absolute Gasteiger partial charge is 0.261 e. The fraction of sp³-hybridized carbons (Fsp3) is 0.333. The van der Waals surface area contributed by atoms with Gasteiger partial charge in [-0.15, -0.1) is 11.3 Å². The molecule has 0 saturated heterocycles. The Balaban J connectivity index is 2.01. The number of aromatic nitrogens is 2. The van der Waals surface area contributed by atoms with Crippen LogP contribution in [-0.4, -0.2) is 15.7 Å². The van der Waals surface area contributed by atoms with Gasteiger partial charge < -0.3 is 5.32 Å². The second-order valence-corrected chi connectivity index (χ2v) is 6.38. The van der Waals surface area contributed by atoms with Crippen molar-refractivity contribution in [2.75, 3.05) is 0 Å². The molecule has 0 atom stereocenters. The number of nitrogens with zero attached hydrogens (tertiary/aromatic N) is 2. The minimum atomic E-state index is -0.0448. The number of nitrogens with one attached hydrogen (secondary N) is 1. The lowest BCUT2D eigenvalue weighted by atomic mass is 10.2. The van der Waals surface area contributed by atoms with Crippen LogP contribution in [0.1, 0.15) is 27.9 Å². The van der Waals surface area contributed by atoms with Gasteiger partial charge in [0.15, 0.2) is 0 Å². The van der Waals surface area contributed by atoms with Gasteiger partial charge in [0.25, 0.3) is 5.91 Å². The molecular weight excluding hydrogens is 314 g/mol. The zero-order valence-electron chi connectivity index (χ0n) is 10.2. The first-order valence-corrected chi connectivity index (χ1v) is 7.26. The summed E-state index contributed by atoms with van der Waals surface area (Å²) in [6.07, 6.45) is 2.82. The van der Waals surface area contributed by atoms with E-state index in [1.54, 1.807) is 4.68 Å². The maximum atomic E-state index is 11.9. The number of hydrogen-bond acceptors (Lipinski definition) is 3. The van der Waals surface area contributed by atoms with E-state index in [2.05, 4.69) is 33.3 Å². The fourth-order valence-electron chi connectivity index (χ4n) is 1.73. The zero-order valence-corrected chi connectivity index (χ0v) is 12.6. The van der Waals surface area contributed by atoms with Gasteiger partial charge in [-0.05, 0) is 34.5 Å². The number of amides is 1. The molecule has 2 aromatic heterocycles. The van der Waals surface area contributed by atoms with Crippen molar-refractivity contribution in [2.24, 2.45) is 7.05 Å². The fourth-order valence-corrected chi connectivity index (χ4v) is 3.03. The van der Waals surface area contributed by atoms with E-state index in [0.717, 1.165) is 21.5 Å². The Bertz CT molecular complexity index is 561. The quantitative estimate of drug-likeness (QED) is 0.938. The summed E-state index contributed by atoms with van der Waals surface area (Å²) in [5.74, 6) is -0.0448. The molecule has 6 heteroatoms. The molecule has 2 heterocycles. The topological polar surface area (TPSA) is 46.9 Å². The molecule has 0 bridgehead atoms. The summed E-state index contributed by atoms with van der Waals surface area (Å²) >= 11 is 4.78. The van der Waals surface area contributed by atoms with Gasteiger partial charge in [-0.1, -0.05) is 6.92 Å². The van der Waals surface area contributed by atoms with Crippen LogP contribution in [0.3, 0.4) is 0 Å². The van der Waals surface area contributed by atoms with Gasteiger partial charge in [-0.25, -0.2) is 0 Å². The highest BCUT2D eigenvalue weighted by atomic mass is 79.9. The van der Waals surface area contributed by atoms with Gasteiger partial charge in [0.05, 0.1) is 14.4 Å². The molecule has 4 nitrogen and oxygen atoms in total.